The Kier molecular flexibility index (Phi) is 3.08. The predicted octanol–water partition coefficient (Wildman–Crippen LogP) is 1.86. The van der Waals surface area contributed by atoms with Crippen molar-refractivity contribution in [2.45, 2.75) is 38.3 Å². The Balaban J connectivity index is 1.98. The normalized spacial score (nSPS) is 17.7. The van der Waals surface area contributed by atoms with Gasteiger partial charge >= 0.3 is 0 Å². The van der Waals surface area contributed by atoms with Gasteiger partial charge in [-0.3, -0.25) is 0 Å². The Morgan fingerprint density at radius 1 is 1.27 bits per heavy atom. The molecule has 1 saturated carbocycles. The quantitative estimate of drug-likeness (QED) is 0.769. The van der Waals surface area contributed by atoms with Crippen LogP contribution in [0.2, 0.25) is 0 Å². The smallest absolute Gasteiger partial charge is 0.0613 e. The largest absolute Gasteiger partial charge is 0.394 e. The number of hydrogen-bond donors (Lipinski definition) is 2. The summed E-state index contributed by atoms with van der Waals surface area (Å²) in [5.41, 5.74) is 2.80. The van der Waals surface area contributed by atoms with Gasteiger partial charge in [0.25, 0.3) is 0 Å². The molecule has 82 valence electrons. The lowest BCUT2D eigenvalue weighted by Crippen LogP contribution is -2.34. The van der Waals surface area contributed by atoms with Crippen molar-refractivity contribution in [3.05, 3.63) is 35.4 Å². The van der Waals surface area contributed by atoms with Gasteiger partial charge in [0.2, 0.25) is 0 Å². The fraction of sp³-hybridized carbons (Fsp3) is 0.538. The third-order valence-electron chi connectivity index (χ3n) is 3.31. The van der Waals surface area contributed by atoms with Crippen LogP contribution in [0.5, 0.6) is 0 Å². The van der Waals surface area contributed by atoms with Gasteiger partial charge in [-0.15, -0.1) is 0 Å². The number of rotatable bonds is 5. The molecule has 15 heavy (non-hydrogen) atoms. The van der Waals surface area contributed by atoms with E-state index in [2.05, 4.69) is 36.5 Å². The fourth-order valence-electron chi connectivity index (χ4n) is 1.90. The third-order valence-corrected chi connectivity index (χ3v) is 3.31. The molecule has 2 rings (SSSR count). The minimum absolute atomic E-state index is 0.0425. The molecule has 1 aromatic carbocycles. The molecule has 0 aromatic heterocycles. The zero-order chi connectivity index (χ0) is 10.7. The summed E-state index contributed by atoms with van der Waals surface area (Å²) in [5, 5.41) is 12.7. The van der Waals surface area contributed by atoms with Crippen LogP contribution >= 0.6 is 0 Å². The van der Waals surface area contributed by atoms with Crippen LogP contribution in [0.15, 0.2) is 24.3 Å². The molecule has 1 aliphatic carbocycles. The first-order valence-corrected chi connectivity index (χ1v) is 5.72. The third kappa shape index (κ3) is 2.39. The molecule has 2 nitrogen and oxygen atoms in total. The van der Waals surface area contributed by atoms with Gasteiger partial charge in [0.1, 0.15) is 0 Å². The second-order valence-electron chi connectivity index (χ2n) is 4.41. The maximum Gasteiger partial charge on any atom is 0.0613 e. The van der Waals surface area contributed by atoms with Crippen molar-refractivity contribution >= 4 is 0 Å². The minimum Gasteiger partial charge on any atom is -0.394 e. The fourth-order valence-corrected chi connectivity index (χ4v) is 1.90. The molecule has 2 heteroatoms. The minimum atomic E-state index is 0.0425. The SMILES string of the molecule is CCc1ccccc1CNC1(CO)CC1. The molecule has 0 saturated heterocycles. The Morgan fingerprint density at radius 2 is 1.93 bits per heavy atom. The summed E-state index contributed by atoms with van der Waals surface area (Å²) in [6.07, 6.45) is 3.29. The van der Waals surface area contributed by atoms with Gasteiger partial charge < -0.3 is 10.4 Å². The second kappa shape index (κ2) is 4.33. The van der Waals surface area contributed by atoms with Gasteiger partial charge in [0.05, 0.1) is 6.61 Å². The summed E-state index contributed by atoms with van der Waals surface area (Å²) < 4.78 is 0. The van der Waals surface area contributed by atoms with Gasteiger partial charge in [0, 0.05) is 12.1 Å². The van der Waals surface area contributed by atoms with Crippen LogP contribution in [-0.4, -0.2) is 17.3 Å². The van der Waals surface area contributed by atoms with Crippen LogP contribution in [-0.2, 0) is 13.0 Å². The van der Waals surface area contributed by atoms with Crippen molar-refractivity contribution in [2.75, 3.05) is 6.61 Å². The highest BCUT2D eigenvalue weighted by Gasteiger charge is 2.41. The zero-order valence-corrected chi connectivity index (χ0v) is 9.29. The summed E-state index contributed by atoms with van der Waals surface area (Å²) in [5.74, 6) is 0. The van der Waals surface area contributed by atoms with Crippen LogP contribution in [0.4, 0.5) is 0 Å². The predicted molar refractivity (Wildman–Crippen MR) is 61.7 cm³/mol. The molecular weight excluding hydrogens is 186 g/mol. The van der Waals surface area contributed by atoms with Gasteiger partial charge in [-0.1, -0.05) is 31.2 Å². The maximum absolute atomic E-state index is 9.20. The van der Waals surface area contributed by atoms with Crippen molar-refractivity contribution in [1.82, 2.24) is 5.32 Å². The summed E-state index contributed by atoms with van der Waals surface area (Å²) in [6.45, 7) is 3.32. The monoisotopic (exact) mass is 205 g/mol. The summed E-state index contributed by atoms with van der Waals surface area (Å²) in [7, 11) is 0. The highest BCUT2D eigenvalue weighted by Crippen LogP contribution is 2.34. The number of aryl methyl sites for hydroxylation is 1. The van der Waals surface area contributed by atoms with E-state index in [0.717, 1.165) is 25.8 Å². The molecule has 1 aromatic rings. The molecule has 0 heterocycles. The zero-order valence-electron chi connectivity index (χ0n) is 9.29. The Labute approximate surface area is 91.3 Å². The van der Waals surface area contributed by atoms with E-state index in [4.69, 9.17) is 0 Å². The van der Waals surface area contributed by atoms with E-state index in [1.54, 1.807) is 0 Å². The highest BCUT2D eigenvalue weighted by atomic mass is 16.3. The van der Waals surface area contributed by atoms with Crippen LogP contribution in [0.25, 0.3) is 0 Å². The molecule has 2 N–H and O–H groups in total. The van der Waals surface area contributed by atoms with E-state index >= 15 is 0 Å². The summed E-state index contributed by atoms with van der Waals surface area (Å²) in [4.78, 5) is 0. The first-order valence-electron chi connectivity index (χ1n) is 5.72. The van der Waals surface area contributed by atoms with Gasteiger partial charge in [-0.2, -0.15) is 0 Å². The first kappa shape index (κ1) is 10.7. The lowest BCUT2D eigenvalue weighted by molar-refractivity contribution is 0.229. The lowest BCUT2D eigenvalue weighted by Gasteiger charge is -2.15. The van der Waals surface area contributed by atoms with Crippen molar-refractivity contribution in [3.63, 3.8) is 0 Å². The second-order valence-corrected chi connectivity index (χ2v) is 4.41. The number of nitrogens with one attached hydrogen (secondary N) is 1. The van der Waals surface area contributed by atoms with Crippen LogP contribution < -0.4 is 5.32 Å². The Bertz CT molecular complexity index is 331. The lowest BCUT2D eigenvalue weighted by atomic mass is 10.1. The maximum atomic E-state index is 9.20. The molecule has 1 fully saturated rings. The van der Waals surface area contributed by atoms with Crippen molar-refractivity contribution in [2.24, 2.45) is 0 Å². The average molecular weight is 205 g/mol. The van der Waals surface area contributed by atoms with Gasteiger partial charge in [-0.05, 0) is 30.4 Å². The summed E-state index contributed by atoms with van der Waals surface area (Å²) in [6, 6.07) is 8.50. The van der Waals surface area contributed by atoms with Crippen molar-refractivity contribution in [3.8, 4) is 0 Å². The topological polar surface area (TPSA) is 32.3 Å². The number of aliphatic hydroxyl groups excluding tert-OH is 1. The van der Waals surface area contributed by atoms with E-state index in [9.17, 15) is 5.11 Å². The molecule has 0 atom stereocenters. The van der Waals surface area contributed by atoms with E-state index in [1.165, 1.54) is 11.1 Å². The molecule has 1 aliphatic rings. The van der Waals surface area contributed by atoms with Gasteiger partial charge in [0.15, 0.2) is 0 Å². The molecule has 0 spiro atoms. The molecular formula is C13H19NO. The van der Waals surface area contributed by atoms with Crippen LogP contribution in [0.1, 0.15) is 30.9 Å². The van der Waals surface area contributed by atoms with E-state index < -0.39 is 0 Å². The van der Waals surface area contributed by atoms with Crippen molar-refractivity contribution < 1.29 is 5.11 Å². The Hall–Kier alpha value is -0.860. The van der Waals surface area contributed by atoms with Crippen LogP contribution in [0, 0.1) is 0 Å². The van der Waals surface area contributed by atoms with E-state index in [-0.39, 0.29) is 12.1 Å². The van der Waals surface area contributed by atoms with Crippen LogP contribution in [0.3, 0.4) is 0 Å². The van der Waals surface area contributed by atoms with Gasteiger partial charge in [-0.25, -0.2) is 0 Å². The number of aliphatic hydroxyl groups is 1. The summed E-state index contributed by atoms with van der Waals surface area (Å²) >= 11 is 0. The molecule has 0 unspecified atom stereocenters. The molecule has 0 bridgehead atoms. The number of benzene rings is 1. The molecule has 0 amide bonds. The van der Waals surface area contributed by atoms with Crippen molar-refractivity contribution in [1.29, 1.82) is 0 Å². The van der Waals surface area contributed by atoms with E-state index in [0.29, 0.717) is 0 Å². The molecule has 0 radical (unpaired) electrons. The average Bonchev–Trinajstić information content (AvgIpc) is 3.07. The van der Waals surface area contributed by atoms with E-state index in [1.807, 2.05) is 0 Å². The number of hydrogen-bond acceptors (Lipinski definition) is 2. The first-order chi connectivity index (χ1) is 7.29. The highest BCUT2D eigenvalue weighted by molar-refractivity contribution is 5.27. The molecule has 0 aliphatic heterocycles. The Morgan fingerprint density at radius 3 is 2.47 bits per heavy atom. The standard InChI is InChI=1S/C13H19NO/c1-2-11-5-3-4-6-12(11)9-14-13(10-15)7-8-13/h3-6,14-15H,2,7-10H2,1H3.